The van der Waals surface area contributed by atoms with Gasteiger partial charge in [0.15, 0.2) is 0 Å². The molecule has 9 heteroatoms. The zero-order valence-electron chi connectivity index (χ0n) is 25.3. The molecule has 2 unspecified atom stereocenters. The third-order valence-electron chi connectivity index (χ3n) is 6.81. The number of hydrogen-bond acceptors (Lipinski definition) is 5. The van der Waals surface area contributed by atoms with Crippen molar-refractivity contribution in [3.63, 3.8) is 0 Å². The lowest BCUT2D eigenvalue weighted by Crippen LogP contribution is -2.53. The quantitative estimate of drug-likeness (QED) is 0.277. The highest BCUT2D eigenvalue weighted by Gasteiger charge is 2.37. The second-order valence-electron chi connectivity index (χ2n) is 11.5. The fourth-order valence-electron chi connectivity index (χ4n) is 4.97. The van der Waals surface area contributed by atoms with E-state index in [4.69, 9.17) is 10.5 Å². The zero-order valence-corrected chi connectivity index (χ0v) is 25.3. The fraction of sp³-hybridized carbons (Fsp3) is 0.394. The summed E-state index contributed by atoms with van der Waals surface area (Å²) in [4.78, 5) is 54.3. The van der Waals surface area contributed by atoms with Gasteiger partial charge in [0.25, 0.3) is 5.91 Å². The van der Waals surface area contributed by atoms with E-state index in [0.29, 0.717) is 17.7 Å². The molecule has 0 fully saturated rings. The summed E-state index contributed by atoms with van der Waals surface area (Å²) < 4.78 is 5.39. The second kappa shape index (κ2) is 14.0. The van der Waals surface area contributed by atoms with E-state index in [1.807, 2.05) is 81.4 Å². The number of aryl methyl sites for hydroxylation is 2. The first-order valence-electron chi connectivity index (χ1n) is 14.2. The topological polar surface area (TPSA) is 131 Å². The van der Waals surface area contributed by atoms with Crippen molar-refractivity contribution in [2.45, 2.75) is 78.5 Å². The molecule has 3 rings (SSSR count). The van der Waals surface area contributed by atoms with Crippen molar-refractivity contribution in [3.05, 3.63) is 77.4 Å². The number of carbonyl (C=O) groups excluding carboxylic acids is 4. The molecule has 0 heterocycles. The van der Waals surface area contributed by atoms with Gasteiger partial charge in [0, 0.05) is 18.7 Å². The van der Waals surface area contributed by atoms with Crippen LogP contribution in [0.5, 0.6) is 0 Å². The summed E-state index contributed by atoms with van der Waals surface area (Å²) in [5.74, 6) is -1.51. The van der Waals surface area contributed by atoms with Gasteiger partial charge in [0.05, 0.1) is 0 Å². The van der Waals surface area contributed by atoms with Crippen molar-refractivity contribution in [2.75, 3.05) is 11.9 Å². The summed E-state index contributed by atoms with van der Waals surface area (Å²) in [6.45, 7) is 11.1. The van der Waals surface area contributed by atoms with E-state index in [-0.39, 0.29) is 19.4 Å². The zero-order chi connectivity index (χ0) is 31.0. The molecule has 4 amide bonds. The van der Waals surface area contributed by atoms with Crippen LogP contribution >= 0.6 is 0 Å². The lowest BCUT2D eigenvalue weighted by molar-refractivity contribution is -0.141. The van der Waals surface area contributed by atoms with E-state index < -0.39 is 41.5 Å². The molecule has 0 spiro atoms. The molecule has 0 aliphatic carbocycles. The number of nitrogens with one attached hydrogen (secondary N) is 2. The van der Waals surface area contributed by atoms with Gasteiger partial charge >= 0.3 is 6.09 Å². The number of benzene rings is 3. The van der Waals surface area contributed by atoms with Gasteiger partial charge in [-0.3, -0.25) is 14.4 Å². The van der Waals surface area contributed by atoms with Gasteiger partial charge in [-0.1, -0.05) is 55.5 Å². The number of fused-ring (bicyclic) bond motifs is 1. The lowest BCUT2D eigenvalue weighted by Gasteiger charge is -2.35. The molecule has 3 aromatic rings. The molecule has 42 heavy (non-hydrogen) atoms. The lowest BCUT2D eigenvalue weighted by atomic mass is 9.93. The Morgan fingerprint density at radius 2 is 1.57 bits per heavy atom. The Labute approximate surface area is 247 Å². The molecule has 224 valence electrons. The van der Waals surface area contributed by atoms with Crippen molar-refractivity contribution < 1.29 is 23.9 Å². The van der Waals surface area contributed by atoms with Gasteiger partial charge in [0.1, 0.15) is 17.7 Å². The molecule has 0 aromatic heterocycles. The summed E-state index contributed by atoms with van der Waals surface area (Å²) in [5, 5.41) is 7.65. The van der Waals surface area contributed by atoms with Crippen molar-refractivity contribution in [3.8, 4) is 0 Å². The number of nitrogens with zero attached hydrogens (tertiary/aromatic N) is 1. The highest BCUT2D eigenvalue weighted by molar-refractivity contribution is 6.01. The molecule has 2 atom stereocenters. The third kappa shape index (κ3) is 8.55. The van der Waals surface area contributed by atoms with Crippen LogP contribution in [-0.4, -0.2) is 46.9 Å². The summed E-state index contributed by atoms with van der Waals surface area (Å²) in [6, 6.07) is 17.0. The minimum absolute atomic E-state index is 0.0423. The minimum atomic E-state index is -1.14. The second-order valence-corrected chi connectivity index (χ2v) is 11.5. The number of anilines is 1. The Morgan fingerprint density at radius 1 is 0.929 bits per heavy atom. The Bertz CT molecular complexity index is 1430. The molecule has 0 saturated heterocycles. The van der Waals surface area contributed by atoms with E-state index in [2.05, 4.69) is 10.6 Å². The third-order valence-corrected chi connectivity index (χ3v) is 6.81. The normalized spacial score (nSPS) is 12.7. The highest BCUT2D eigenvalue weighted by Crippen LogP contribution is 2.31. The van der Waals surface area contributed by atoms with Crippen molar-refractivity contribution >= 4 is 40.3 Å². The number of hydrogen-bond donors (Lipinski definition) is 3. The number of carbonyl (C=O) groups is 4. The van der Waals surface area contributed by atoms with Gasteiger partial charge in [-0.25, -0.2) is 4.79 Å². The Morgan fingerprint density at radius 3 is 2.17 bits per heavy atom. The van der Waals surface area contributed by atoms with Crippen LogP contribution in [0.25, 0.3) is 10.8 Å². The molecule has 0 radical (unpaired) electrons. The van der Waals surface area contributed by atoms with Gasteiger partial charge in [-0.2, -0.15) is 0 Å². The maximum absolute atomic E-state index is 14.2. The average molecular weight is 575 g/mol. The van der Waals surface area contributed by atoms with Crippen molar-refractivity contribution in [2.24, 2.45) is 5.73 Å². The standard InChI is InChI=1S/C33H42N4O5/c1-7-19-37(31(40)26(17-18-27(34)38)36-32(41)42-33(4,5)6)29(28-21(2)11-10-12-22(28)3)30(39)35-25-16-15-23-13-8-9-14-24(23)20-25/h8-16,20,26,29H,7,17-19H2,1-6H3,(H2,34,38)(H,35,39)(H,36,41). The van der Waals surface area contributed by atoms with Gasteiger partial charge in [-0.15, -0.1) is 0 Å². The van der Waals surface area contributed by atoms with Crippen LogP contribution in [0.1, 0.15) is 69.7 Å². The van der Waals surface area contributed by atoms with Crippen LogP contribution in [0.15, 0.2) is 60.7 Å². The number of rotatable bonds is 11. The van der Waals surface area contributed by atoms with E-state index in [1.165, 1.54) is 4.90 Å². The smallest absolute Gasteiger partial charge is 0.408 e. The van der Waals surface area contributed by atoms with Gasteiger partial charge < -0.3 is 26.0 Å². The summed E-state index contributed by atoms with van der Waals surface area (Å²) in [6.07, 6.45) is -0.431. The molecule has 4 N–H and O–H groups in total. The number of ether oxygens (including phenoxy) is 1. The van der Waals surface area contributed by atoms with Gasteiger partial charge in [0.2, 0.25) is 11.8 Å². The summed E-state index contributed by atoms with van der Waals surface area (Å²) in [5.41, 5.74) is 7.58. The number of amides is 4. The number of alkyl carbamates (subject to hydrolysis) is 1. The monoisotopic (exact) mass is 574 g/mol. The average Bonchev–Trinajstić information content (AvgIpc) is 2.90. The fourth-order valence-corrected chi connectivity index (χ4v) is 4.97. The van der Waals surface area contributed by atoms with Crippen LogP contribution < -0.4 is 16.4 Å². The maximum atomic E-state index is 14.2. The summed E-state index contributed by atoms with van der Waals surface area (Å²) >= 11 is 0. The van der Waals surface area contributed by atoms with Gasteiger partial charge in [-0.05, 0) is 87.1 Å². The highest BCUT2D eigenvalue weighted by atomic mass is 16.6. The molecule has 0 saturated carbocycles. The predicted molar refractivity (Wildman–Crippen MR) is 165 cm³/mol. The SMILES string of the molecule is CCCN(C(=O)C(CCC(N)=O)NC(=O)OC(C)(C)C)C(C(=O)Nc1ccc2ccccc2c1)c1c(C)cccc1C. The van der Waals surface area contributed by atoms with E-state index in [0.717, 1.165) is 21.9 Å². The van der Waals surface area contributed by atoms with Crippen LogP contribution in [0.2, 0.25) is 0 Å². The number of primary amides is 1. The van der Waals surface area contributed by atoms with Crippen molar-refractivity contribution in [1.82, 2.24) is 10.2 Å². The first-order chi connectivity index (χ1) is 19.8. The molecule has 9 nitrogen and oxygen atoms in total. The maximum Gasteiger partial charge on any atom is 0.408 e. The van der Waals surface area contributed by atoms with Crippen LogP contribution in [0.4, 0.5) is 10.5 Å². The Balaban J connectivity index is 2.06. The number of nitrogens with two attached hydrogens (primary N) is 1. The molecule has 0 aliphatic heterocycles. The molecule has 3 aromatic carbocycles. The first kappa shape index (κ1) is 32.1. The van der Waals surface area contributed by atoms with E-state index in [1.54, 1.807) is 20.8 Å². The Hall–Kier alpha value is -4.40. The largest absolute Gasteiger partial charge is 0.444 e. The minimum Gasteiger partial charge on any atom is -0.444 e. The molecular formula is C33H42N4O5. The predicted octanol–water partition coefficient (Wildman–Crippen LogP) is 5.53. The molecular weight excluding hydrogens is 532 g/mol. The molecule has 0 bridgehead atoms. The van der Waals surface area contributed by atoms with E-state index in [9.17, 15) is 19.2 Å². The first-order valence-corrected chi connectivity index (χ1v) is 14.2. The van der Waals surface area contributed by atoms with Crippen LogP contribution in [-0.2, 0) is 19.1 Å². The van der Waals surface area contributed by atoms with Crippen LogP contribution in [0.3, 0.4) is 0 Å². The molecule has 0 aliphatic rings. The van der Waals surface area contributed by atoms with Crippen LogP contribution in [0, 0.1) is 13.8 Å². The van der Waals surface area contributed by atoms with Crippen molar-refractivity contribution in [1.29, 1.82) is 0 Å². The Kier molecular flexibility index (Phi) is 10.7. The van der Waals surface area contributed by atoms with E-state index >= 15 is 0 Å². The summed E-state index contributed by atoms with van der Waals surface area (Å²) in [7, 11) is 0.